The van der Waals surface area contributed by atoms with Crippen LogP contribution in [0.3, 0.4) is 0 Å². The van der Waals surface area contributed by atoms with E-state index >= 15 is 0 Å². The number of rotatable bonds is 1. The summed E-state index contributed by atoms with van der Waals surface area (Å²) in [7, 11) is 0. The minimum atomic E-state index is -4.39. The molecule has 4 nitrogen and oxygen atoms in total. The van der Waals surface area contributed by atoms with Crippen molar-refractivity contribution in [3.05, 3.63) is 36.0 Å². The van der Waals surface area contributed by atoms with Crippen molar-refractivity contribution in [1.82, 2.24) is 9.97 Å². The van der Waals surface area contributed by atoms with Gasteiger partial charge in [0, 0.05) is 12.1 Å². The summed E-state index contributed by atoms with van der Waals surface area (Å²) in [5.74, 6) is 0.892. The lowest BCUT2D eigenvalue weighted by molar-refractivity contribution is -0.137. The first-order valence-corrected chi connectivity index (χ1v) is 8.09. The lowest BCUT2D eigenvalue weighted by Gasteiger charge is -2.46. The fourth-order valence-electron chi connectivity index (χ4n) is 3.24. The molecule has 0 saturated carbocycles. The molecule has 0 aliphatic carbocycles. The average Bonchev–Trinajstić information content (AvgIpc) is 2.53. The number of halogens is 3. The molecule has 1 atom stereocenters. The van der Waals surface area contributed by atoms with Gasteiger partial charge in [-0.25, -0.2) is 9.97 Å². The van der Waals surface area contributed by atoms with E-state index in [1.54, 1.807) is 12.3 Å². The maximum atomic E-state index is 12.9. The third-order valence-electron chi connectivity index (χ3n) is 4.38. The molecule has 8 heteroatoms. The minimum absolute atomic E-state index is 0.269. The highest BCUT2D eigenvalue weighted by atomic mass is 32.1. The number of hydrogen-bond acceptors (Lipinski definition) is 5. The van der Waals surface area contributed by atoms with Crippen molar-refractivity contribution in [2.75, 3.05) is 23.3 Å². The molecule has 1 aromatic carbocycles. The van der Waals surface area contributed by atoms with Crippen LogP contribution in [-0.2, 0) is 6.18 Å². The Morgan fingerprint density at radius 2 is 2.12 bits per heavy atom. The van der Waals surface area contributed by atoms with Gasteiger partial charge >= 0.3 is 6.18 Å². The van der Waals surface area contributed by atoms with Gasteiger partial charge < -0.3 is 10.2 Å². The molecule has 1 saturated heterocycles. The predicted octanol–water partition coefficient (Wildman–Crippen LogP) is 3.81. The Bertz CT molecular complexity index is 795. The Hall–Kier alpha value is -1.96. The van der Waals surface area contributed by atoms with Crippen molar-refractivity contribution in [2.45, 2.75) is 23.9 Å². The lowest BCUT2D eigenvalue weighted by atomic mass is 10.0. The smallest absolute Gasteiger partial charge is 0.364 e. The first-order chi connectivity index (χ1) is 11.3. The second-order valence-corrected chi connectivity index (χ2v) is 7.04. The Kier molecular flexibility index (Phi) is 3.42. The van der Waals surface area contributed by atoms with Crippen LogP contribution in [0.4, 0.5) is 24.7 Å². The molecular weight excluding hydrogens is 337 g/mol. The molecule has 4 rings (SSSR count). The normalized spacial score (nSPS) is 22.8. The summed E-state index contributed by atoms with van der Waals surface area (Å²) in [4.78, 5) is 10.5. The Labute approximate surface area is 142 Å². The fourth-order valence-corrected chi connectivity index (χ4v) is 3.67. The number of aromatic nitrogens is 2. The molecular formula is C16H15F3N4S. The average molecular weight is 352 g/mol. The highest BCUT2D eigenvalue weighted by Crippen LogP contribution is 2.40. The van der Waals surface area contributed by atoms with Crippen LogP contribution in [0.5, 0.6) is 0 Å². The van der Waals surface area contributed by atoms with Crippen molar-refractivity contribution in [3.63, 3.8) is 0 Å². The highest BCUT2D eigenvalue weighted by Gasteiger charge is 2.38. The van der Waals surface area contributed by atoms with Gasteiger partial charge in [-0.15, -0.1) is 12.6 Å². The van der Waals surface area contributed by atoms with Crippen LogP contribution in [0.25, 0.3) is 11.4 Å². The van der Waals surface area contributed by atoms with Crippen LogP contribution in [0.2, 0.25) is 0 Å². The van der Waals surface area contributed by atoms with Gasteiger partial charge in [0.2, 0.25) is 0 Å². The number of hydrogen-bond donors (Lipinski definition) is 2. The molecule has 0 spiro atoms. The maximum absolute atomic E-state index is 12.9. The molecule has 3 heterocycles. The first kappa shape index (κ1) is 15.6. The molecule has 0 unspecified atom stereocenters. The Morgan fingerprint density at radius 3 is 2.92 bits per heavy atom. The van der Waals surface area contributed by atoms with Crippen LogP contribution >= 0.6 is 12.6 Å². The molecule has 2 aliphatic rings. The van der Waals surface area contributed by atoms with Crippen LogP contribution in [-0.4, -0.2) is 27.9 Å². The zero-order chi connectivity index (χ0) is 16.9. The minimum Gasteiger partial charge on any atom is -0.364 e. The van der Waals surface area contributed by atoms with Gasteiger partial charge in [-0.1, -0.05) is 12.1 Å². The number of nitrogens with zero attached hydrogens (tertiary/aromatic N) is 3. The summed E-state index contributed by atoms with van der Waals surface area (Å²) in [6.07, 6.45) is -0.787. The Balaban J connectivity index is 1.74. The molecule has 0 radical (unpaired) electrons. The molecule has 0 amide bonds. The van der Waals surface area contributed by atoms with Gasteiger partial charge in [0.1, 0.15) is 0 Å². The summed E-state index contributed by atoms with van der Waals surface area (Å²) in [6.45, 7) is 1.67. The largest absolute Gasteiger partial charge is 0.416 e. The predicted molar refractivity (Wildman–Crippen MR) is 89.3 cm³/mol. The zero-order valence-corrected chi connectivity index (χ0v) is 13.5. The van der Waals surface area contributed by atoms with E-state index in [2.05, 4.69) is 20.2 Å². The molecule has 1 aromatic heterocycles. The summed E-state index contributed by atoms with van der Waals surface area (Å²) < 4.78 is 38.7. The van der Waals surface area contributed by atoms with E-state index in [1.807, 2.05) is 0 Å². The van der Waals surface area contributed by atoms with Gasteiger partial charge in [-0.3, -0.25) is 0 Å². The van der Waals surface area contributed by atoms with E-state index in [0.29, 0.717) is 11.4 Å². The van der Waals surface area contributed by atoms with Crippen molar-refractivity contribution in [3.8, 4) is 11.4 Å². The van der Waals surface area contributed by atoms with E-state index in [4.69, 9.17) is 12.6 Å². The van der Waals surface area contributed by atoms with Gasteiger partial charge in [-0.2, -0.15) is 13.2 Å². The van der Waals surface area contributed by atoms with E-state index in [9.17, 15) is 13.2 Å². The van der Waals surface area contributed by atoms with Gasteiger partial charge in [-0.05, 0) is 25.0 Å². The zero-order valence-electron chi connectivity index (χ0n) is 12.6. The number of nitrogens with one attached hydrogen (secondary N) is 1. The quantitative estimate of drug-likeness (QED) is 0.766. The van der Waals surface area contributed by atoms with E-state index in [0.717, 1.165) is 43.8 Å². The van der Waals surface area contributed by atoms with Gasteiger partial charge in [0.15, 0.2) is 11.6 Å². The Morgan fingerprint density at radius 1 is 1.29 bits per heavy atom. The van der Waals surface area contributed by atoms with Crippen molar-refractivity contribution >= 4 is 24.1 Å². The SMILES string of the molecule is FC(F)(F)c1cccc(-c2ncc3c(n2)N[C@@]2(S)CCCN3C2)c1. The second kappa shape index (κ2) is 5.27. The fraction of sp³-hybridized carbons (Fsp3) is 0.375. The van der Waals surface area contributed by atoms with E-state index in [1.165, 1.54) is 6.07 Å². The number of fused-ring (bicyclic) bond motifs is 4. The molecule has 2 bridgehead atoms. The summed E-state index contributed by atoms with van der Waals surface area (Å²) in [5, 5.41) is 3.31. The number of benzene rings is 1. The number of anilines is 2. The van der Waals surface area contributed by atoms with Crippen LogP contribution in [0, 0.1) is 0 Å². The monoisotopic (exact) mass is 352 g/mol. The lowest BCUT2D eigenvalue weighted by Crippen LogP contribution is -2.53. The molecule has 24 heavy (non-hydrogen) atoms. The molecule has 1 fully saturated rings. The van der Waals surface area contributed by atoms with Crippen molar-refractivity contribution in [2.24, 2.45) is 0 Å². The third-order valence-corrected chi connectivity index (χ3v) is 4.86. The molecule has 1 N–H and O–H groups in total. The highest BCUT2D eigenvalue weighted by molar-refractivity contribution is 7.82. The molecule has 2 aromatic rings. The van der Waals surface area contributed by atoms with Gasteiger partial charge in [0.05, 0.1) is 28.9 Å². The third kappa shape index (κ3) is 2.68. The van der Waals surface area contributed by atoms with Gasteiger partial charge in [0.25, 0.3) is 0 Å². The standard InChI is InChI=1S/C16H15F3N4S/c17-16(18,19)11-4-1-3-10(7-11)13-20-8-12-14(21-13)22-15(24)5-2-6-23(12)9-15/h1,3-4,7-8,24H,2,5-6,9H2,(H,20,21,22)/t15-/m1/s1. The van der Waals surface area contributed by atoms with E-state index in [-0.39, 0.29) is 10.7 Å². The number of alkyl halides is 3. The second-order valence-electron chi connectivity index (χ2n) is 6.19. The van der Waals surface area contributed by atoms with E-state index < -0.39 is 11.7 Å². The molecule has 126 valence electrons. The van der Waals surface area contributed by atoms with Crippen LogP contribution < -0.4 is 10.2 Å². The summed E-state index contributed by atoms with van der Waals surface area (Å²) >= 11 is 4.70. The molecule has 2 aliphatic heterocycles. The van der Waals surface area contributed by atoms with Crippen LogP contribution in [0.15, 0.2) is 30.5 Å². The maximum Gasteiger partial charge on any atom is 0.416 e. The van der Waals surface area contributed by atoms with Crippen LogP contribution in [0.1, 0.15) is 18.4 Å². The number of thiol groups is 1. The summed E-state index contributed by atoms with van der Waals surface area (Å²) in [6, 6.07) is 5.06. The summed E-state index contributed by atoms with van der Waals surface area (Å²) in [5.41, 5.74) is 0.504. The van der Waals surface area contributed by atoms with Crippen molar-refractivity contribution < 1.29 is 13.2 Å². The number of piperidine rings is 1. The van der Waals surface area contributed by atoms with Crippen molar-refractivity contribution in [1.29, 1.82) is 0 Å². The first-order valence-electron chi connectivity index (χ1n) is 7.64. The topological polar surface area (TPSA) is 41.1 Å².